The Bertz CT molecular complexity index is 721. The lowest BCUT2D eigenvalue weighted by Gasteiger charge is -2.33. The molecule has 2 aromatic heterocycles. The zero-order valence-electron chi connectivity index (χ0n) is 13.6. The van der Waals surface area contributed by atoms with Crippen molar-refractivity contribution in [2.75, 3.05) is 29.9 Å². The zero-order valence-corrected chi connectivity index (χ0v) is 13.6. The van der Waals surface area contributed by atoms with Crippen LogP contribution in [0.1, 0.15) is 25.5 Å². The molecule has 0 bridgehead atoms. The second kappa shape index (κ2) is 7.59. The molecule has 0 amide bonds. The first-order valence-electron chi connectivity index (χ1n) is 8.12. The Morgan fingerprint density at radius 2 is 2.17 bits per heavy atom. The van der Waals surface area contributed by atoms with Crippen molar-refractivity contribution in [2.45, 2.75) is 25.8 Å². The van der Waals surface area contributed by atoms with Gasteiger partial charge in [0.05, 0.1) is 6.61 Å². The average molecular weight is 324 g/mol. The first kappa shape index (κ1) is 16.0. The van der Waals surface area contributed by atoms with E-state index in [1.54, 1.807) is 6.07 Å². The van der Waals surface area contributed by atoms with Gasteiger partial charge in [0.1, 0.15) is 29.7 Å². The third-order valence-corrected chi connectivity index (χ3v) is 3.95. The molecule has 1 N–H and O–H groups in total. The molecule has 3 heterocycles. The molecule has 1 saturated heterocycles. The largest absolute Gasteiger partial charge is 0.478 e. The van der Waals surface area contributed by atoms with Gasteiger partial charge in [-0.05, 0) is 31.9 Å². The number of rotatable bonds is 5. The molecule has 0 aromatic carbocycles. The van der Waals surface area contributed by atoms with Gasteiger partial charge in [-0.1, -0.05) is 6.07 Å². The summed E-state index contributed by atoms with van der Waals surface area (Å²) in [5, 5.41) is 12.4. The lowest BCUT2D eigenvalue weighted by Crippen LogP contribution is -2.39. The van der Waals surface area contributed by atoms with Crippen molar-refractivity contribution < 1.29 is 4.74 Å². The number of nitrogens with one attached hydrogen (secondary N) is 1. The Labute approximate surface area is 141 Å². The van der Waals surface area contributed by atoms with E-state index in [9.17, 15) is 0 Å². The molecule has 124 valence electrons. The maximum Gasteiger partial charge on any atom is 0.218 e. The molecule has 1 aliphatic heterocycles. The second-order valence-corrected chi connectivity index (χ2v) is 5.57. The summed E-state index contributed by atoms with van der Waals surface area (Å²) in [6.07, 6.45) is 3.47. The van der Waals surface area contributed by atoms with Crippen LogP contribution in [0.5, 0.6) is 5.88 Å². The van der Waals surface area contributed by atoms with E-state index in [1.807, 2.05) is 25.1 Å². The van der Waals surface area contributed by atoms with E-state index in [2.05, 4.69) is 31.2 Å². The number of nitrogens with zero attached hydrogens (tertiary/aromatic N) is 5. The summed E-state index contributed by atoms with van der Waals surface area (Å²) in [6, 6.07) is 9.82. The van der Waals surface area contributed by atoms with Crippen LogP contribution in [0.3, 0.4) is 0 Å². The quantitative estimate of drug-likeness (QED) is 0.902. The molecule has 0 aliphatic carbocycles. The lowest BCUT2D eigenvalue weighted by molar-refractivity contribution is 0.326. The summed E-state index contributed by atoms with van der Waals surface area (Å²) < 4.78 is 5.40. The maximum atomic E-state index is 8.96. The van der Waals surface area contributed by atoms with Crippen molar-refractivity contribution in [1.82, 2.24) is 15.0 Å². The van der Waals surface area contributed by atoms with Crippen LogP contribution < -0.4 is 15.0 Å². The average Bonchev–Trinajstić information content (AvgIpc) is 2.63. The van der Waals surface area contributed by atoms with Crippen LogP contribution in [0.2, 0.25) is 0 Å². The van der Waals surface area contributed by atoms with Crippen LogP contribution >= 0.6 is 0 Å². The lowest BCUT2D eigenvalue weighted by atomic mass is 10.1. The number of aromatic nitrogens is 3. The van der Waals surface area contributed by atoms with Gasteiger partial charge >= 0.3 is 0 Å². The Hall–Kier alpha value is -2.88. The van der Waals surface area contributed by atoms with Crippen LogP contribution in [0.4, 0.5) is 11.6 Å². The summed E-state index contributed by atoms with van der Waals surface area (Å²) in [5.74, 6) is 2.25. The first-order valence-corrected chi connectivity index (χ1v) is 8.12. The fourth-order valence-electron chi connectivity index (χ4n) is 2.77. The number of hydrogen-bond acceptors (Lipinski definition) is 7. The summed E-state index contributed by atoms with van der Waals surface area (Å²) >= 11 is 0. The minimum Gasteiger partial charge on any atom is -0.478 e. The van der Waals surface area contributed by atoms with Crippen LogP contribution in [0.15, 0.2) is 30.6 Å². The highest BCUT2D eigenvalue weighted by molar-refractivity contribution is 5.43. The fourth-order valence-corrected chi connectivity index (χ4v) is 2.77. The Balaban J connectivity index is 1.57. The molecule has 0 spiro atoms. The van der Waals surface area contributed by atoms with Crippen molar-refractivity contribution in [2.24, 2.45) is 0 Å². The van der Waals surface area contributed by atoms with Crippen molar-refractivity contribution in [3.05, 3.63) is 36.3 Å². The van der Waals surface area contributed by atoms with Crippen LogP contribution in [0.25, 0.3) is 0 Å². The Kier molecular flexibility index (Phi) is 5.06. The minimum atomic E-state index is 0.352. The highest BCUT2D eigenvalue weighted by atomic mass is 16.5. The molecule has 0 radical (unpaired) electrons. The van der Waals surface area contributed by atoms with E-state index >= 15 is 0 Å². The molecule has 2 aromatic rings. The third-order valence-electron chi connectivity index (χ3n) is 3.95. The standard InChI is InChI=1S/C17H20N6O/c1-2-24-17-10-15(19-12-20-17)21-13-6-8-23(9-7-13)16-5-3-4-14(11-18)22-16/h3-5,10,12-13H,2,6-9H2,1H3,(H,19,20,21). The van der Waals surface area contributed by atoms with Crippen molar-refractivity contribution in [3.8, 4) is 11.9 Å². The van der Waals surface area contributed by atoms with Gasteiger partial charge in [0, 0.05) is 25.2 Å². The van der Waals surface area contributed by atoms with Gasteiger partial charge < -0.3 is 15.0 Å². The molecular weight excluding hydrogens is 304 g/mol. The molecule has 1 aliphatic rings. The van der Waals surface area contributed by atoms with Crippen LogP contribution in [-0.2, 0) is 0 Å². The van der Waals surface area contributed by atoms with Crippen LogP contribution in [0, 0.1) is 11.3 Å². The number of hydrogen-bond donors (Lipinski definition) is 1. The number of anilines is 2. The predicted octanol–water partition coefficient (Wildman–Crippen LogP) is 2.22. The van der Waals surface area contributed by atoms with Crippen LogP contribution in [-0.4, -0.2) is 40.7 Å². The second-order valence-electron chi connectivity index (χ2n) is 5.57. The Morgan fingerprint density at radius 3 is 2.92 bits per heavy atom. The van der Waals surface area contributed by atoms with Gasteiger partial charge in [0.15, 0.2) is 0 Å². The number of pyridine rings is 1. The summed E-state index contributed by atoms with van der Waals surface area (Å²) in [5.41, 5.74) is 0.456. The molecule has 3 rings (SSSR count). The van der Waals surface area contributed by atoms with Gasteiger partial charge in [0.2, 0.25) is 5.88 Å². The summed E-state index contributed by atoms with van der Waals surface area (Å²) in [7, 11) is 0. The van der Waals surface area contributed by atoms with E-state index in [0.717, 1.165) is 37.6 Å². The smallest absolute Gasteiger partial charge is 0.218 e. The third kappa shape index (κ3) is 3.90. The number of nitriles is 1. The van der Waals surface area contributed by atoms with Gasteiger partial charge in [-0.3, -0.25) is 0 Å². The van der Waals surface area contributed by atoms with E-state index in [4.69, 9.17) is 10.00 Å². The normalized spacial score (nSPS) is 14.9. The predicted molar refractivity (Wildman–Crippen MR) is 91.0 cm³/mol. The van der Waals surface area contributed by atoms with E-state index in [1.165, 1.54) is 6.33 Å². The van der Waals surface area contributed by atoms with Crippen molar-refractivity contribution >= 4 is 11.6 Å². The highest BCUT2D eigenvalue weighted by Gasteiger charge is 2.20. The maximum absolute atomic E-state index is 8.96. The Morgan fingerprint density at radius 1 is 1.33 bits per heavy atom. The summed E-state index contributed by atoms with van der Waals surface area (Å²) in [4.78, 5) is 14.9. The van der Waals surface area contributed by atoms with E-state index < -0.39 is 0 Å². The molecule has 0 atom stereocenters. The van der Waals surface area contributed by atoms with E-state index in [0.29, 0.717) is 24.2 Å². The first-order chi connectivity index (χ1) is 11.8. The molecular formula is C17H20N6O. The topological polar surface area (TPSA) is 87.0 Å². The minimum absolute atomic E-state index is 0.352. The molecule has 0 unspecified atom stereocenters. The number of piperidine rings is 1. The SMILES string of the molecule is CCOc1cc(NC2CCN(c3cccc(C#N)n3)CC2)ncn1. The van der Waals surface area contributed by atoms with Gasteiger partial charge in [-0.2, -0.15) is 5.26 Å². The highest BCUT2D eigenvalue weighted by Crippen LogP contribution is 2.21. The zero-order chi connectivity index (χ0) is 16.8. The van der Waals surface area contributed by atoms with E-state index in [-0.39, 0.29) is 0 Å². The van der Waals surface area contributed by atoms with Crippen molar-refractivity contribution in [3.63, 3.8) is 0 Å². The van der Waals surface area contributed by atoms with Gasteiger partial charge in [0.25, 0.3) is 0 Å². The van der Waals surface area contributed by atoms with Gasteiger partial charge in [-0.25, -0.2) is 15.0 Å². The molecule has 0 saturated carbocycles. The number of ether oxygens (including phenoxy) is 1. The molecule has 24 heavy (non-hydrogen) atoms. The monoisotopic (exact) mass is 324 g/mol. The molecule has 1 fully saturated rings. The summed E-state index contributed by atoms with van der Waals surface area (Å²) in [6.45, 7) is 4.30. The van der Waals surface area contributed by atoms with Crippen molar-refractivity contribution in [1.29, 1.82) is 5.26 Å². The van der Waals surface area contributed by atoms with Gasteiger partial charge in [-0.15, -0.1) is 0 Å². The fraction of sp³-hybridized carbons (Fsp3) is 0.412. The molecule has 7 heteroatoms. The molecule has 7 nitrogen and oxygen atoms in total.